The number of benzene rings is 1. The molecule has 0 aromatic heterocycles. The highest BCUT2D eigenvalue weighted by molar-refractivity contribution is 7.89. The fourth-order valence-electron chi connectivity index (χ4n) is 3.73. The van der Waals surface area contributed by atoms with E-state index >= 15 is 0 Å². The fraction of sp³-hybridized carbons (Fsp3) is 0.579. The van der Waals surface area contributed by atoms with Crippen molar-refractivity contribution in [1.29, 1.82) is 0 Å². The predicted octanol–water partition coefficient (Wildman–Crippen LogP) is 0.238. The van der Waals surface area contributed by atoms with E-state index in [9.17, 15) is 22.4 Å². The van der Waals surface area contributed by atoms with Gasteiger partial charge in [0, 0.05) is 12.8 Å². The van der Waals surface area contributed by atoms with E-state index in [0.717, 1.165) is 23.5 Å². The normalized spacial score (nSPS) is 21.9. The highest BCUT2D eigenvalue weighted by Gasteiger charge is 2.41. The Hall–Kier alpha value is -1.84. The van der Waals surface area contributed by atoms with E-state index < -0.39 is 15.8 Å². The van der Waals surface area contributed by atoms with Gasteiger partial charge in [0.15, 0.2) is 6.67 Å². The summed E-state index contributed by atoms with van der Waals surface area (Å²) in [4.78, 5) is 27.3. The Labute approximate surface area is 165 Å². The van der Waals surface area contributed by atoms with Crippen LogP contribution in [0.2, 0.25) is 0 Å². The summed E-state index contributed by atoms with van der Waals surface area (Å²) in [5.41, 5.74) is -0.262. The minimum atomic E-state index is -3.67. The summed E-state index contributed by atoms with van der Waals surface area (Å²) in [7, 11) is -3.67. The van der Waals surface area contributed by atoms with E-state index in [2.05, 4.69) is 0 Å². The second-order valence-corrected chi connectivity index (χ2v) is 9.94. The van der Waals surface area contributed by atoms with E-state index in [-0.39, 0.29) is 41.9 Å². The average molecular weight is 413 g/mol. The number of hydrogen-bond donors (Lipinski definition) is 1. The van der Waals surface area contributed by atoms with E-state index in [1.807, 2.05) is 13.8 Å². The third-order valence-electron chi connectivity index (χ3n) is 5.87. The summed E-state index contributed by atoms with van der Waals surface area (Å²) in [6.45, 7) is 5.82. The quantitative estimate of drug-likeness (QED) is 0.703. The maximum atomic E-state index is 13.1. The van der Waals surface area contributed by atoms with Crippen molar-refractivity contribution in [3.63, 3.8) is 0 Å². The summed E-state index contributed by atoms with van der Waals surface area (Å²) >= 11 is 0. The second kappa shape index (κ2) is 7.88. The van der Waals surface area contributed by atoms with Crippen LogP contribution in [0, 0.1) is 11.2 Å². The summed E-state index contributed by atoms with van der Waals surface area (Å²) in [5, 5.41) is 0. The highest BCUT2D eigenvalue weighted by atomic mass is 32.2. The Balaban J connectivity index is 1.59. The van der Waals surface area contributed by atoms with Crippen LogP contribution in [0.4, 0.5) is 4.39 Å². The molecule has 0 spiro atoms. The topological polar surface area (TPSA) is 79.2 Å². The number of hydrogen-bond acceptors (Lipinski definition) is 4. The number of carbonyl (C=O) groups excluding carboxylic acids is 2. The zero-order valence-corrected chi connectivity index (χ0v) is 17.1. The molecule has 2 saturated heterocycles. The fourth-order valence-corrected chi connectivity index (χ4v) is 5.17. The molecule has 0 unspecified atom stereocenters. The molecule has 1 N–H and O–H groups in total. The molecule has 9 heteroatoms. The lowest BCUT2D eigenvalue weighted by Gasteiger charge is -2.39. The van der Waals surface area contributed by atoms with Crippen LogP contribution in [-0.2, 0) is 19.6 Å². The number of carbonyl (C=O) groups is 2. The minimum absolute atomic E-state index is 0.0672. The van der Waals surface area contributed by atoms with Crippen molar-refractivity contribution in [2.24, 2.45) is 5.41 Å². The van der Waals surface area contributed by atoms with Crippen LogP contribution in [0.15, 0.2) is 29.2 Å². The van der Waals surface area contributed by atoms with Gasteiger partial charge in [-0.25, -0.2) is 17.7 Å². The molecule has 2 amide bonds. The summed E-state index contributed by atoms with van der Waals surface area (Å²) < 4.78 is 39.8. The van der Waals surface area contributed by atoms with Crippen molar-refractivity contribution < 1.29 is 27.3 Å². The molecule has 0 saturated carbocycles. The molecule has 3 rings (SSSR count). The summed E-state index contributed by atoms with van der Waals surface area (Å²) in [5.74, 6) is -0.771. The van der Waals surface area contributed by atoms with E-state index in [0.29, 0.717) is 25.9 Å². The molecular weight excluding hydrogens is 385 g/mol. The van der Waals surface area contributed by atoms with E-state index in [1.54, 1.807) is 0 Å². The van der Waals surface area contributed by atoms with Gasteiger partial charge in [0.25, 0.3) is 0 Å². The molecule has 1 aromatic rings. The molecule has 0 bridgehead atoms. The van der Waals surface area contributed by atoms with Gasteiger partial charge in [-0.05, 0) is 36.1 Å². The number of nitrogens with one attached hydrogen (secondary N) is 1. The number of halogens is 1. The molecule has 0 aliphatic carbocycles. The van der Waals surface area contributed by atoms with Crippen LogP contribution in [0.3, 0.4) is 0 Å². The zero-order valence-electron chi connectivity index (χ0n) is 16.3. The average Bonchev–Trinajstić information content (AvgIpc) is 2.65. The molecule has 2 aliphatic heterocycles. The largest absolute Gasteiger partial charge is 0.315 e. The third-order valence-corrected chi connectivity index (χ3v) is 7.79. The van der Waals surface area contributed by atoms with Gasteiger partial charge >= 0.3 is 0 Å². The van der Waals surface area contributed by atoms with Crippen molar-refractivity contribution in [2.45, 2.75) is 38.0 Å². The molecule has 2 heterocycles. The van der Waals surface area contributed by atoms with Crippen molar-refractivity contribution in [2.75, 3.05) is 32.8 Å². The number of quaternary nitrogens is 1. The van der Waals surface area contributed by atoms with Crippen LogP contribution in [0.1, 0.15) is 33.1 Å². The number of piperazine rings is 1. The van der Waals surface area contributed by atoms with Crippen LogP contribution in [0.5, 0.6) is 0 Å². The molecule has 0 atom stereocenters. The molecule has 154 valence electrons. The van der Waals surface area contributed by atoms with Crippen molar-refractivity contribution in [3.05, 3.63) is 30.1 Å². The molecule has 2 fully saturated rings. The number of amides is 2. The lowest BCUT2D eigenvalue weighted by Crippen LogP contribution is -3.16. The van der Waals surface area contributed by atoms with E-state index in [4.69, 9.17) is 0 Å². The van der Waals surface area contributed by atoms with Gasteiger partial charge in [0.2, 0.25) is 21.8 Å². The third kappa shape index (κ3) is 4.26. The number of sulfonamides is 1. The maximum absolute atomic E-state index is 13.1. The van der Waals surface area contributed by atoms with Crippen molar-refractivity contribution in [1.82, 2.24) is 9.21 Å². The minimum Gasteiger partial charge on any atom is -0.315 e. The van der Waals surface area contributed by atoms with Gasteiger partial charge in [-0.1, -0.05) is 13.8 Å². The van der Waals surface area contributed by atoms with E-state index in [1.165, 1.54) is 21.3 Å². The lowest BCUT2D eigenvalue weighted by molar-refractivity contribution is -0.911. The van der Waals surface area contributed by atoms with Gasteiger partial charge in [0.05, 0.1) is 31.1 Å². The van der Waals surface area contributed by atoms with Gasteiger partial charge in [0.1, 0.15) is 5.82 Å². The summed E-state index contributed by atoms with van der Waals surface area (Å²) in [6, 6.07) is 4.79. The Kier molecular flexibility index (Phi) is 5.88. The zero-order chi connectivity index (χ0) is 20.5. The van der Waals surface area contributed by atoms with Crippen molar-refractivity contribution >= 4 is 21.8 Å². The van der Waals surface area contributed by atoms with Gasteiger partial charge in [-0.2, -0.15) is 4.31 Å². The molecular formula is C19H27FN3O4S+. The van der Waals surface area contributed by atoms with Gasteiger partial charge < -0.3 is 4.90 Å². The Morgan fingerprint density at radius 3 is 2.11 bits per heavy atom. The molecule has 1 aromatic carbocycles. The van der Waals surface area contributed by atoms with Crippen LogP contribution in [0.25, 0.3) is 0 Å². The highest BCUT2D eigenvalue weighted by Crippen LogP contribution is 2.34. The first-order valence-corrected chi connectivity index (χ1v) is 11.0. The number of rotatable bonds is 5. The predicted molar refractivity (Wildman–Crippen MR) is 100 cm³/mol. The first-order valence-electron chi connectivity index (χ1n) is 9.57. The van der Waals surface area contributed by atoms with Crippen LogP contribution < -0.4 is 4.90 Å². The molecule has 28 heavy (non-hydrogen) atoms. The van der Waals surface area contributed by atoms with Crippen molar-refractivity contribution in [3.8, 4) is 0 Å². The molecule has 7 nitrogen and oxygen atoms in total. The first kappa shape index (κ1) is 20.9. The van der Waals surface area contributed by atoms with Crippen LogP contribution in [-0.4, -0.2) is 62.3 Å². The van der Waals surface area contributed by atoms with Crippen LogP contribution >= 0.6 is 0 Å². The Bertz CT molecular complexity index is 830. The SMILES string of the molecule is CCC1(C)CC(=O)N(C[NH+]2CCN(S(=O)(=O)c3ccc(F)cc3)CC2)C(=O)C1. The summed E-state index contributed by atoms with van der Waals surface area (Å²) in [6.07, 6.45) is 1.52. The second-order valence-electron chi connectivity index (χ2n) is 8.00. The molecule has 2 aliphatic rings. The number of imide groups is 1. The lowest BCUT2D eigenvalue weighted by atomic mass is 9.77. The Morgan fingerprint density at radius 2 is 1.61 bits per heavy atom. The number of likely N-dealkylation sites (tertiary alicyclic amines) is 1. The maximum Gasteiger partial charge on any atom is 0.243 e. The number of nitrogens with zero attached hydrogens (tertiary/aromatic N) is 2. The van der Waals surface area contributed by atoms with Gasteiger partial charge in [-0.15, -0.1) is 0 Å². The monoisotopic (exact) mass is 412 g/mol. The smallest absolute Gasteiger partial charge is 0.243 e. The first-order chi connectivity index (χ1) is 13.1. The van der Waals surface area contributed by atoms with Gasteiger partial charge in [-0.3, -0.25) is 9.59 Å². The Morgan fingerprint density at radius 1 is 1.07 bits per heavy atom. The standard InChI is InChI=1S/C19H26FN3O4S/c1-3-19(2)12-17(24)23(18(25)13-19)14-21-8-10-22(11-9-21)28(26,27)16-6-4-15(20)5-7-16/h4-7H,3,8-14H2,1-2H3/p+1. The molecule has 0 radical (unpaired) electrons. The number of piperidine rings is 1.